The van der Waals surface area contributed by atoms with Gasteiger partial charge in [0.05, 0.1) is 24.8 Å². The minimum Gasteiger partial charge on any atom is -0.492 e. The van der Waals surface area contributed by atoms with Gasteiger partial charge in [-0.15, -0.1) is 0 Å². The monoisotopic (exact) mass is 304 g/mol. The van der Waals surface area contributed by atoms with E-state index >= 15 is 0 Å². The fourth-order valence-electron chi connectivity index (χ4n) is 1.82. The first-order chi connectivity index (χ1) is 8.11. The summed E-state index contributed by atoms with van der Waals surface area (Å²) in [5.74, 6) is 1.90. The van der Waals surface area contributed by atoms with Crippen LogP contribution in [0.4, 0.5) is 0 Å². The Hall–Kier alpha value is -1.14. The molecule has 0 aliphatic carbocycles. The van der Waals surface area contributed by atoms with Crippen LogP contribution in [0.1, 0.15) is 18.6 Å². The lowest BCUT2D eigenvalue weighted by molar-refractivity contribution is 0.167. The van der Waals surface area contributed by atoms with Gasteiger partial charge in [0.25, 0.3) is 0 Å². The zero-order chi connectivity index (χ0) is 12.6. The zero-order valence-electron chi connectivity index (χ0n) is 9.74. The number of methoxy groups -OCH3 is 2. The fourth-order valence-corrected chi connectivity index (χ4v) is 2.67. The van der Waals surface area contributed by atoms with Gasteiger partial charge in [-0.05, 0) is 22.9 Å². The molecule has 0 spiro atoms. The second-order valence-electron chi connectivity index (χ2n) is 3.53. The minimum absolute atomic E-state index is 0.109. The number of aliphatic hydroxyl groups excluding tert-OH is 1. The third-order valence-corrected chi connectivity index (χ3v) is 3.32. The Balaban J connectivity index is 2.75. The average molecular weight is 305 g/mol. The largest absolute Gasteiger partial charge is 0.492 e. The molecule has 0 saturated heterocycles. The van der Waals surface area contributed by atoms with E-state index in [0.717, 1.165) is 0 Å². The highest BCUT2D eigenvalue weighted by Crippen LogP contribution is 2.55. The zero-order valence-corrected chi connectivity index (χ0v) is 11.3. The van der Waals surface area contributed by atoms with Crippen LogP contribution in [0.15, 0.2) is 4.47 Å². The molecule has 0 radical (unpaired) electrons. The predicted molar refractivity (Wildman–Crippen MR) is 64.0 cm³/mol. The summed E-state index contributed by atoms with van der Waals surface area (Å²) in [6.07, 6.45) is -0.720. The third kappa shape index (κ3) is 1.81. The molecule has 6 heteroatoms. The Morgan fingerprint density at radius 1 is 1.18 bits per heavy atom. The van der Waals surface area contributed by atoms with Gasteiger partial charge in [0.1, 0.15) is 0 Å². The van der Waals surface area contributed by atoms with E-state index in [0.29, 0.717) is 33.0 Å². The predicted octanol–water partition coefficient (Wildman–Crippen LogP) is 2.25. The molecule has 1 N–H and O–H groups in total. The summed E-state index contributed by atoms with van der Waals surface area (Å²) < 4.78 is 21.8. The molecule has 17 heavy (non-hydrogen) atoms. The maximum atomic E-state index is 9.81. The maximum absolute atomic E-state index is 9.81. The molecule has 0 bridgehead atoms. The lowest BCUT2D eigenvalue weighted by atomic mass is 10.1. The van der Waals surface area contributed by atoms with Crippen LogP contribution in [-0.4, -0.2) is 26.1 Å². The minimum atomic E-state index is -0.720. The van der Waals surface area contributed by atoms with Crippen molar-refractivity contribution < 1.29 is 24.1 Å². The van der Waals surface area contributed by atoms with Gasteiger partial charge in [-0.1, -0.05) is 0 Å². The lowest BCUT2D eigenvalue weighted by Gasteiger charge is -2.18. The van der Waals surface area contributed by atoms with Gasteiger partial charge < -0.3 is 24.1 Å². The summed E-state index contributed by atoms with van der Waals surface area (Å²) >= 11 is 3.39. The van der Waals surface area contributed by atoms with Crippen molar-refractivity contribution in [3.8, 4) is 23.0 Å². The van der Waals surface area contributed by atoms with Gasteiger partial charge in [0.2, 0.25) is 18.3 Å². The van der Waals surface area contributed by atoms with E-state index in [1.54, 1.807) is 6.92 Å². The normalized spacial score (nSPS) is 14.6. The van der Waals surface area contributed by atoms with Crippen LogP contribution >= 0.6 is 15.9 Å². The molecule has 1 aromatic carbocycles. The molecule has 0 saturated carbocycles. The van der Waals surface area contributed by atoms with Gasteiger partial charge >= 0.3 is 0 Å². The molecule has 0 unspecified atom stereocenters. The summed E-state index contributed by atoms with van der Waals surface area (Å²) in [6, 6.07) is 0. The molecule has 1 aromatic rings. The SMILES string of the molecule is COc1c(Br)c([C@H](C)O)c(OC)c2c1OCO2. The highest BCUT2D eigenvalue weighted by atomic mass is 79.9. The second-order valence-corrected chi connectivity index (χ2v) is 4.33. The van der Waals surface area contributed by atoms with Gasteiger partial charge in [0.15, 0.2) is 11.5 Å². The van der Waals surface area contributed by atoms with Crippen LogP contribution in [0.3, 0.4) is 0 Å². The number of aliphatic hydroxyl groups is 1. The van der Waals surface area contributed by atoms with E-state index in [2.05, 4.69) is 15.9 Å². The van der Waals surface area contributed by atoms with Crippen LogP contribution in [-0.2, 0) is 0 Å². The smallest absolute Gasteiger partial charge is 0.231 e. The lowest BCUT2D eigenvalue weighted by Crippen LogP contribution is -2.01. The molecule has 2 rings (SSSR count). The molecule has 1 atom stereocenters. The Bertz CT molecular complexity index is 444. The van der Waals surface area contributed by atoms with Crippen LogP contribution in [0, 0.1) is 0 Å². The molecule has 1 heterocycles. The van der Waals surface area contributed by atoms with E-state index in [9.17, 15) is 5.11 Å². The van der Waals surface area contributed by atoms with Crippen molar-refractivity contribution in [2.45, 2.75) is 13.0 Å². The van der Waals surface area contributed by atoms with Gasteiger partial charge in [-0.25, -0.2) is 0 Å². The van der Waals surface area contributed by atoms with Gasteiger partial charge in [-0.3, -0.25) is 0 Å². The Morgan fingerprint density at radius 2 is 1.71 bits per heavy atom. The Kier molecular flexibility index (Phi) is 3.35. The Labute approximate surface area is 107 Å². The van der Waals surface area contributed by atoms with E-state index < -0.39 is 6.10 Å². The van der Waals surface area contributed by atoms with Crippen LogP contribution in [0.25, 0.3) is 0 Å². The first kappa shape index (κ1) is 12.3. The molecule has 0 fully saturated rings. The number of hydrogen-bond acceptors (Lipinski definition) is 5. The number of rotatable bonds is 3. The third-order valence-electron chi connectivity index (χ3n) is 2.53. The van der Waals surface area contributed by atoms with Crippen molar-refractivity contribution in [3.63, 3.8) is 0 Å². The summed E-state index contributed by atoms with van der Waals surface area (Å²) in [5, 5.41) is 9.81. The van der Waals surface area contributed by atoms with Crippen LogP contribution < -0.4 is 18.9 Å². The highest BCUT2D eigenvalue weighted by Gasteiger charge is 2.32. The molecule has 1 aliphatic heterocycles. The van der Waals surface area contributed by atoms with Crippen LogP contribution in [0.5, 0.6) is 23.0 Å². The van der Waals surface area contributed by atoms with E-state index in [-0.39, 0.29) is 6.79 Å². The maximum Gasteiger partial charge on any atom is 0.231 e. The van der Waals surface area contributed by atoms with Crippen molar-refractivity contribution >= 4 is 15.9 Å². The van der Waals surface area contributed by atoms with Gasteiger partial charge in [0, 0.05) is 5.56 Å². The number of benzene rings is 1. The molecule has 0 amide bonds. The van der Waals surface area contributed by atoms with Crippen LogP contribution in [0.2, 0.25) is 0 Å². The summed E-state index contributed by atoms with van der Waals surface area (Å²) in [4.78, 5) is 0. The quantitative estimate of drug-likeness (QED) is 0.928. The summed E-state index contributed by atoms with van der Waals surface area (Å²) in [6.45, 7) is 1.75. The first-order valence-electron chi connectivity index (χ1n) is 5.02. The number of hydrogen-bond donors (Lipinski definition) is 1. The summed E-state index contributed by atoms with van der Waals surface area (Å²) in [5.41, 5.74) is 0.577. The van der Waals surface area contributed by atoms with Crippen molar-refractivity contribution in [1.82, 2.24) is 0 Å². The average Bonchev–Trinajstić information content (AvgIpc) is 2.75. The Morgan fingerprint density at radius 3 is 2.18 bits per heavy atom. The number of halogens is 1. The number of ether oxygens (including phenoxy) is 4. The molecular weight excluding hydrogens is 292 g/mol. The van der Waals surface area contributed by atoms with E-state index in [1.807, 2.05) is 0 Å². The van der Waals surface area contributed by atoms with Crippen molar-refractivity contribution in [1.29, 1.82) is 0 Å². The highest BCUT2D eigenvalue weighted by molar-refractivity contribution is 9.10. The molecule has 5 nitrogen and oxygen atoms in total. The first-order valence-corrected chi connectivity index (χ1v) is 5.82. The van der Waals surface area contributed by atoms with Crippen molar-refractivity contribution in [3.05, 3.63) is 10.0 Å². The topological polar surface area (TPSA) is 57.2 Å². The molecule has 0 aromatic heterocycles. The van der Waals surface area contributed by atoms with E-state index in [4.69, 9.17) is 18.9 Å². The standard InChI is InChI=1S/C11H13BrO5/c1-5(13)6-7(12)9(15-3)11-10(8(6)14-2)16-4-17-11/h5,13H,4H2,1-3H3/t5-/m0/s1. The molecule has 94 valence electrons. The second kappa shape index (κ2) is 4.62. The fraction of sp³-hybridized carbons (Fsp3) is 0.455. The number of fused-ring (bicyclic) bond motifs is 1. The molecular formula is C11H13BrO5. The summed E-state index contributed by atoms with van der Waals surface area (Å²) in [7, 11) is 3.04. The van der Waals surface area contributed by atoms with Crippen molar-refractivity contribution in [2.24, 2.45) is 0 Å². The van der Waals surface area contributed by atoms with Gasteiger partial charge in [-0.2, -0.15) is 0 Å². The molecule has 1 aliphatic rings. The van der Waals surface area contributed by atoms with Crippen molar-refractivity contribution in [2.75, 3.05) is 21.0 Å². The van der Waals surface area contributed by atoms with E-state index in [1.165, 1.54) is 14.2 Å².